The molecular formula is C7H15BrO2Zn. The average molecular weight is 276 g/mol. The van der Waals surface area contributed by atoms with Gasteiger partial charge in [-0.05, 0) is 0 Å². The van der Waals surface area contributed by atoms with Crippen LogP contribution in [-0.2, 0) is 25.8 Å². The summed E-state index contributed by atoms with van der Waals surface area (Å²) in [6.07, 6.45) is 3.97. The van der Waals surface area contributed by atoms with E-state index in [1.165, 1.54) is 11.4 Å². The van der Waals surface area contributed by atoms with E-state index in [0.29, 0.717) is 0 Å². The molecule has 0 radical (unpaired) electrons. The molecule has 0 aliphatic rings. The summed E-state index contributed by atoms with van der Waals surface area (Å²) in [7, 11) is 0. The molecule has 0 unspecified atom stereocenters. The third-order valence-corrected chi connectivity index (χ3v) is 4.43. The Morgan fingerprint density at radius 1 is 1.45 bits per heavy atom. The molecule has 0 aromatic carbocycles. The molecule has 0 bridgehead atoms. The predicted octanol–water partition coefficient (Wildman–Crippen LogP) is 2.39. The van der Waals surface area contributed by atoms with Crippen LogP contribution in [0.2, 0.25) is 5.02 Å². The van der Waals surface area contributed by atoms with Crippen LogP contribution in [-0.4, -0.2) is 12.9 Å². The van der Waals surface area contributed by atoms with Gasteiger partial charge in [-0.1, -0.05) is 0 Å². The normalized spacial score (nSPS) is 8.09. The Balaban J connectivity index is 0. The summed E-state index contributed by atoms with van der Waals surface area (Å²) in [6.45, 7) is 2.92. The Morgan fingerprint density at radius 3 is 2.73 bits per heavy atom. The summed E-state index contributed by atoms with van der Waals surface area (Å²) in [5, 5.41) is 1.27. The van der Waals surface area contributed by atoms with E-state index in [1.54, 1.807) is 0 Å². The van der Waals surface area contributed by atoms with Crippen LogP contribution >= 0.6 is 17.0 Å². The van der Waals surface area contributed by atoms with Gasteiger partial charge in [0.2, 0.25) is 0 Å². The fourth-order valence-electron chi connectivity index (χ4n) is 0.753. The fraction of sp³-hybridized carbons (Fsp3) is 0.857. The Labute approximate surface area is 86.8 Å². The van der Waals surface area contributed by atoms with E-state index < -0.39 is 17.5 Å². The molecule has 0 atom stereocenters. The maximum absolute atomic E-state index is 9.88. The molecule has 0 aromatic heterocycles. The Hall–Kier alpha value is 0.733. The molecule has 0 N–H and O–H groups in total. The molecular weight excluding hydrogens is 261 g/mol. The molecule has 2 nitrogen and oxygen atoms in total. The average Bonchev–Trinajstić information content (AvgIpc) is 1.97. The van der Waals surface area contributed by atoms with Gasteiger partial charge >= 0.3 is 69.9 Å². The summed E-state index contributed by atoms with van der Waals surface area (Å²) in [5.41, 5.74) is 0. The van der Waals surface area contributed by atoms with Crippen LogP contribution in [0.5, 0.6) is 0 Å². The molecule has 0 rings (SSSR count). The van der Waals surface area contributed by atoms with E-state index in [2.05, 4.69) is 0 Å². The van der Waals surface area contributed by atoms with Gasteiger partial charge in [0.05, 0.1) is 0 Å². The molecule has 0 spiro atoms. The zero-order chi connectivity index (χ0) is 7.66. The van der Waals surface area contributed by atoms with Gasteiger partial charge in [-0.25, -0.2) is 0 Å². The van der Waals surface area contributed by atoms with Crippen LogP contribution in [0.25, 0.3) is 0 Å². The Kier molecular flexibility index (Phi) is 17.3. The molecule has 64 valence electrons. The summed E-state index contributed by atoms with van der Waals surface area (Å²) in [6, 6.07) is 0. The molecule has 0 amide bonds. The van der Waals surface area contributed by atoms with Crippen molar-refractivity contribution in [3.8, 4) is 0 Å². The van der Waals surface area contributed by atoms with Crippen molar-refractivity contribution < 1.29 is 25.8 Å². The number of hydrogen-bond donors (Lipinski definition) is 0. The van der Waals surface area contributed by atoms with E-state index in [0.717, 1.165) is 25.7 Å². The van der Waals surface area contributed by atoms with Crippen molar-refractivity contribution in [1.29, 1.82) is 0 Å². The first kappa shape index (κ1) is 14.3. The number of halogens is 1. The van der Waals surface area contributed by atoms with Gasteiger partial charge in [0, 0.05) is 0 Å². The van der Waals surface area contributed by atoms with Crippen molar-refractivity contribution in [3.63, 3.8) is 0 Å². The molecule has 11 heavy (non-hydrogen) atoms. The standard InChI is InChI=1S/C5H9O.C2H5O.BrH.Zn/c1-2-3-4-5-6;1-2-3;;/h5H,1-4H2;2H2,1H3;1H;/q;-1;;+1. The van der Waals surface area contributed by atoms with E-state index in [4.69, 9.17) is 3.56 Å². The van der Waals surface area contributed by atoms with Crippen LogP contribution in [0.15, 0.2) is 0 Å². The van der Waals surface area contributed by atoms with Crippen molar-refractivity contribution >= 4 is 23.3 Å². The second kappa shape index (κ2) is 13.3. The minimum absolute atomic E-state index is 0. The van der Waals surface area contributed by atoms with Crippen molar-refractivity contribution in [2.75, 3.05) is 6.61 Å². The Bertz CT molecular complexity index is 80.8. The van der Waals surface area contributed by atoms with Crippen LogP contribution in [0, 0.1) is 0 Å². The monoisotopic (exact) mass is 274 g/mol. The van der Waals surface area contributed by atoms with Crippen LogP contribution < -0.4 is 0 Å². The van der Waals surface area contributed by atoms with Crippen molar-refractivity contribution in [2.45, 2.75) is 31.2 Å². The molecule has 4 heteroatoms. The minimum atomic E-state index is -0.609. The summed E-state index contributed by atoms with van der Waals surface area (Å²) >= 11 is -0.609. The van der Waals surface area contributed by atoms with E-state index in [1.807, 2.05) is 6.92 Å². The summed E-state index contributed by atoms with van der Waals surface area (Å²) < 4.78 is 5.31. The zero-order valence-corrected chi connectivity index (χ0v) is 11.7. The van der Waals surface area contributed by atoms with Crippen LogP contribution in [0.1, 0.15) is 26.2 Å². The molecule has 0 saturated carbocycles. The van der Waals surface area contributed by atoms with E-state index in [-0.39, 0.29) is 17.0 Å². The van der Waals surface area contributed by atoms with Gasteiger partial charge in [0.1, 0.15) is 0 Å². The number of carbonyl (C=O) groups is 1. The van der Waals surface area contributed by atoms with Crippen molar-refractivity contribution in [1.82, 2.24) is 0 Å². The second-order valence-corrected chi connectivity index (χ2v) is 5.41. The third-order valence-electron chi connectivity index (χ3n) is 1.31. The van der Waals surface area contributed by atoms with Gasteiger partial charge < -0.3 is 0 Å². The predicted molar refractivity (Wildman–Crippen MR) is 46.7 cm³/mol. The third kappa shape index (κ3) is 13.7. The molecule has 0 aliphatic heterocycles. The topological polar surface area (TPSA) is 26.3 Å². The van der Waals surface area contributed by atoms with Gasteiger partial charge in [-0.2, -0.15) is 0 Å². The molecule has 0 aliphatic carbocycles. The SMILES string of the molecule is Br.CC[O][Zn][CH2]CCCC=O. The van der Waals surface area contributed by atoms with Crippen LogP contribution in [0.3, 0.4) is 0 Å². The second-order valence-electron chi connectivity index (χ2n) is 2.21. The molecule has 0 saturated heterocycles. The van der Waals surface area contributed by atoms with Gasteiger partial charge in [-0.3, -0.25) is 0 Å². The molecule has 0 fully saturated rings. The number of rotatable bonds is 7. The van der Waals surface area contributed by atoms with Gasteiger partial charge in [0.25, 0.3) is 0 Å². The number of unbranched alkanes of at least 4 members (excludes halogenated alkanes) is 2. The number of aldehydes is 1. The summed E-state index contributed by atoms with van der Waals surface area (Å²) in [4.78, 5) is 9.88. The number of hydrogen-bond acceptors (Lipinski definition) is 2. The maximum atomic E-state index is 9.88. The Morgan fingerprint density at radius 2 is 2.18 bits per heavy atom. The van der Waals surface area contributed by atoms with E-state index in [9.17, 15) is 4.79 Å². The fourth-order valence-corrected chi connectivity index (χ4v) is 2.96. The van der Waals surface area contributed by atoms with Crippen LogP contribution in [0.4, 0.5) is 0 Å². The first-order chi connectivity index (χ1) is 4.91. The van der Waals surface area contributed by atoms with Crippen molar-refractivity contribution in [3.05, 3.63) is 0 Å². The number of carbonyl (C=O) groups excluding carboxylic acids is 1. The molecule has 0 aromatic rings. The van der Waals surface area contributed by atoms with Gasteiger partial charge in [-0.15, -0.1) is 17.0 Å². The summed E-state index contributed by atoms with van der Waals surface area (Å²) in [5.74, 6) is 0. The van der Waals surface area contributed by atoms with E-state index >= 15 is 0 Å². The van der Waals surface area contributed by atoms with Gasteiger partial charge in [0.15, 0.2) is 0 Å². The first-order valence-corrected chi connectivity index (χ1v) is 7.24. The molecule has 0 heterocycles. The van der Waals surface area contributed by atoms with Crippen molar-refractivity contribution in [2.24, 2.45) is 0 Å². The quantitative estimate of drug-likeness (QED) is 0.405. The zero-order valence-electron chi connectivity index (χ0n) is 7.04. The first-order valence-electron chi connectivity index (χ1n) is 3.93.